The van der Waals surface area contributed by atoms with Crippen LogP contribution in [0.15, 0.2) is 52.9 Å². The van der Waals surface area contributed by atoms with Crippen LogP contribution in [0.1, 0.15) is 45.9 Å². The Bertz CT molecular complexity index is 1140. The van der Waals surface area contributed by atoms with Gasteiger partial charge in [-0.15, -0.1) is 10.2 Å². The van der Waals surface area contributed by atoms with Gasteiger partial charge < -0.3 is 0 Å². The molecule has 1 amide bonds. The van der Waals surface area contributed by atoms with E-state index in [9.17, 15) is 13.2 Å². The van der Waals surface area contributed by atoms with E-state index in [0.29, 0.717) is 5.56 Å². The maximum absolute atomic E-state index is 12.8. The first kappa shape index (κ1) is 19.7. The predicted molar refractivity (Wildman–Crippen MR) is 111 cm³/mol. The van der Waals surface area contributed by atoms with Crippen LogP contribution < -0.4 is 10.0 Å². The van der Waals surface area contributed by atoms with Gasteiger partial charge in [0.05, 0.1) is 0 Å². The average molecular weight is 429 g/mol. The zero-order valence-electron chi connectivity index (χ0n) is 15.8. The van der Waals surface area contributed by atoms with Crippen LogP contribution in [0.5, 0.6) is 0 Å². The molecule has 0 radical (unpaired) electrons. The molecule has 1 heterocycles. The fourth-order valence-corrected chi connectivity index (χ4v) is 5.52. The topological polar surface area (TPSA) is 101 Å². The van der Waals surface area contributed by atoms with Crippen molar-refractivity contribution >= 4 is 32.4 Å². The Morgan fingerprint density at radius 3 is 2.66 bits per heavy atom. The first-order valence-corrected chi connectivity index (χ1v) is 11.5. The number of anilines is 1. The second-order valence-electron chi connectivity index (χ2n) is 6.96. The van der Waals surface area contributed by atoms with Gasteiger partial charge in [-0.1, -0.05) is 53.3 Å². The summed E-state index contributed by atoms with van der Waals surface area (Å²) >= 11 is 0.831. The van der Waals surface area contributed by atoms with Crippen LogP contribution in [-0.4, -0.2) is 24.5 Å². The Morgan fingerprint density at radius 2 is 1.86 bits per heavy atom. The highest BCUT2D eigenvalue weighted by atomic mass is 32.2. The predicted octanol–water partition coefficient (Wildman–Crippen LogP) is 3.45. The van der Waals surface area contributed by atoms with Crippen LogP contribution >= 0.6 is 11.3 Å². The fourth-order valence-electron chi connectivity index (χ4n) is 3.36. The van der Waals surface area contributed by atoms with Gasteiger partial charge in [0.1, 0.15) is 0 Å². The number of sulfonamides is 1. The summed E-state index contributed by atoms with van der Waals surface area (Å²) in [7, 11) is -3.84. The lowest BCUT2D eigenvalue weighted by Crippen LogP contribution is -2.31. The Labute approximate surface area is 173 Å². The van der Waals surface area contributed by atoms with Crippen molar-refractivity contribution in [3.05, 3.63) is 70.8 Å². The normalized spacial score (nSPS) is 16.2. The van der Waals surface area contributed by atoms with Gasteiger partial charge in [-0.2, -0.15) is 0 Å². The van der Waals surface area contributed by atoms with Crippen molar-refractivity contribution in [2.24, 2.45) is 0 Å². The van der Waals surface area contributed by atoms with E-state index in [1.165, 1.54) is 0 Å². The second-order valence-corrected chi connectivity index (χ2v) is 9.82. The van der Waals surface area contributed by atoms with E-state index in [4.69, 9.17) is 0 Å². The van der Waals surface area contributed by atoms with Crippen molar-refractivity contribution in [2.75, 3.05) is 5.32 Å². The summed E-state index contributed by atoms with van der Waals surface area (Å²) < 4.78 is 28.2. The SMILES string of the molecule is Cc1ccc(C(=O)Nc2nnc(S(=O)(=O)N[C@H]3CCCc4ccccc43)s2)cc1. The number of hydrogen-bond acceptors (Lipinski definition) is 6. The number of amides is 1. The minimum Gasteiger partial charge on any atom is -0.296 e. The Hall–Kier alpha value is -2.62. The van der Waals surface area contributed by atoms with E-state index in [1.54, 1.807) is 12.1 Å². The summed E-state index contributed by atoms with van der Waals surface area (Å²) in [6, 6.07) is 14.6. The van der Waals surface area contributed by atoms with Gasteiger partial charge in [-0.05, 0) is 49.4 Å². The van der Waals surface area contributed by atoms with Crippen molar-refractivity contribution < 1.29 is 13.2 Å². The van der Waals surface area contributed by atoms with Crippen molar-refractivity contribution in [2.45, 2.75) is 36.6 Å². The van der Waals surface area contributed by atoms with Crippen molar-refractivity contribution in [3.63, 3.8) is 0 Å². The molecule has 1 aliphatic rings. The monoisotopic (exact) mass is 428 g/mol. The molecule has 3 aromatic rings. The zero-order chi connectivity index (χ0) is 20.4. The first-order chi connectivity index (χ1) is 13.9. The lowest BCUT2D eigenvalue weighted by atomic mass is 9.88. The maximum atomic E-state index is 12.8. The number of aryl methyl sites for hydroxylation is 2. The third-order valence-electron chi connectivity index (χ3n) is 4.84. The van der Waals surface area contributed by atoms with Crippen LogP contribution in [0.25, 0.3) is 0 Å². The molecular formula is C20H20N4O3S2. The number of aromatic nitrogens is 2. The van der Waals surface area contributed by atoms with E-state index in [-0.39, 0.29) is 21.4 Å². The minimum absolute atomic E-state index is 0.139. The van der Waals surface area contributed by atoms with E-state index < -0.39 is 10.0 Å². The Kier molecular flexibility index (Phi) is 5.44. The summed E-state index contributed by atoms with van der Waals surface area (Å²) in [6.45, 7) is 1.93. The molecular weight excluding hydrogens is 408 g/mol. The molecule has 4 rings (SSSR count). The zero-order valence-corrected chi connectivity index (χ0v) is 17.4. The highest BCUT2D eigenvalue weighted by molar-refractivity contribution is 7.91. The maximum Gasteiger partial charge on any atom is 0.270 e. The van der Waals surface area contributed by atoms with Gasteiger partial charge in [0.25, 0.3) is 15.9 Å². The first-order valence-electron chi connectivity index (χ1n) is 9.24. The number of rotatable bonds is 5. The molecule has 1 aliphatic carbocycles. The van der Waals surface area contributed by atoms with Crippen LogP contribution in [0.4, 0.5) is 5.13 Å². The average Bonchev–Trinajstić information content (AvgIpc) is 3.18. The largest absolute Gasteiger partial charge is 0.296 e. The van der Waals surface area contributed by atoms with Crippen molar-refractivity contribution in [3.8, 4) is 0 Å². The number of fused-ring (bicyclic) bond motifs is 1. The molecule has 0 bridgehead atoms. The molecule has 0 aliphatic heterocycles. The molecule has 0 saturated heterocycles. The molecule has 9 heteroatoms. The number of hydrogen-bond donors (Lipinski definition) is 2. The number of benzene rings is 2. The van der Waals surface area contributed by atoms with Crippen LogP contribution in [0.2, 0.25) is 0 Å². The highest BCUT2D eigenvalue weighted by Crippen LogP contribution is 2.31. The summed E-state index contributed by atoms with van der Waals surface area (Å²) in [6.07, 6.45) is 2.59. The summed E-state index contributed by atoms with van der Waals surface area (Å²) in [4.78, 5) is 12.3. The third-order valence-corrected chi connectivity index (χ3v) is 7.52. The van der Waals surface area contributed by atoms with Gasteiger partial charge >= 0.3 is 0 Å². The molecule has 2 N–H and O–H groups in total. The Balaban J connectivity index is 1.48. The summed E-state index contributed by atoms with van der Waals surface area (Å²) in [5, 5.41) is 10.3. The van der Waals surface area contributed by atoms with E-state index in [1.807, 2.05) is 43.3 Å². The van der Waals surface area contributed by atoms with E-state index in [2.05, 4.69) is 20.2 Å². The van der Waals surface area contributed by atoms with E-state index in [0.717, 1.165) is 47.3 Å². The quantitative estimate of drug-likeness (QED) is 0.606. The van der Waals surface area contributed by atoms with Crippen molar-refractivity contribution in [1.29, 1.82) is 0 Å². The van der Waals surface area contributed by atoms with Crippen LogP contribution in [0, 0.1) is 6.92 Å². The molecule has 150 valence electrons. The molecule has 0 unspecified atom stereocenters. The minimum atomic E-state index is -3.84. The van der Waals surface area contributed by atoms with Gasteiger partial charge in [0.15, 0.2) is 0 Å². The third kappa shape index (κ3) is 4.36. The van der Waals surface area contributed by atoms with Crippen LogP contribution in [0.3, 0.4) is 0 Å². The molecule has 0 spiro atoms. The molecule has 2 aromatic carbocycles. The molecule has 7 nitrogen and oxygen atoms in total. The molecule has 29 heavy (non-hydrogen) atoms. The molecule has 0 fully saturated rings. The molecule has 0 saturated carbocycles. The van der Waals surface area contributed by atoms with Crippen LogP contribution in [-0.2, 0) is 16.4 Å². The van der Waals surface area contributed by atoms with Gasteiger partial charge in [0.2, 0.25) is 9.47 Å². The number of nitrogens with one attached hydrogen (secondary N) is 2. The second kappa shape index (κ2) is 8.02. The summed E-state index contributed by atoms with van der Waals surface area (Å²) in [5.41, 5.74) is 3.67. The summed E-state index contributed by atoms with van der Waals surface area (Å²) in [5.74, 6) is -0.362. The van der Waals surface area contributed by atoms with Gasteiger partial charge in [0, 0.05) is 11.6 Å². The number of carbonyl (C=O) groups is 1. The molecule has 1 aromatic heterocycles. The van der Waals surface area contributed by atoms with Gasteiger partial charge in [-0.3, -0.25) is 10.1 Å². The highest BCUT2D eigenvalue weighted by Gasteiger charge is 2.28. The van der Waals surface area contributed by atoms with Crippen molar-refractivity contribution in [1.82, 2.24) is 14.9 Å². The Morgan fingerprint density at radius 1 is 1.10 bits per heavy atom. The fraction of sp³-hybridized carbons (Fsp3) is 0.250. The lowest BCUT2D eigenvalue weighted by molar-refractivity contribution is 0.102. The smallest absolute Gasteiger partial charge is 0.270 e. The van der Waals surface area contributed by atoms with Gasteiger partial charge in [-0.25, -0.2) is 13.1 Å². The number of carbonyl (C=O) groups excluding carboxylic acids is 1. The standard InChI is InChI=1S/C20H20N4O3S2/c1-13-9-11-15(12-10-13)18(25)21-19-22-23-20(28-19)29(26,27)24-17-8-4-6-14-5-2-3-7-16(14)17/h2-3,5,7,9-12,17,24H,4,6,8H2,1H3,(H,21,22,25)/t17-/m0/s1. The van der Waals surface area contributed by atoms with E-state index >= 15 is 0 Å². The lowest BCUT2D eigenvalue weighted by Gasteiger charge is -2.25. The number of nitrogens with zero attached hydrogens (tertiary/aromatic N) is 2. The molecule has 1 atom stereocenters.